The molecule has 7 nitrogen and oxygen atoms in total. The summed E-state index contributed by atoms with van der Waals surface area (Å²) in [4.78, 5) is 25.7. The molecular formula is C25H23N5O2. The van der Waals surface area contributed by atoms with E-state index < -0.39 is 11.8 Å². The molecule has 1 atom stereocenters. The van der Waals surface area contributed by atoms with Gasteiger partial charge in [-0.1, -0.05) is 18.2 Å². The van der Waals surface area contributed by atoms with Crippen LogP contribution in [0.4, 0.5) is 5.82 Å². The second-order valence-electron chi connectivity index (χ2n) is 7.30. The van der Waals surface area contributed by atoms with Crippen LogP contribution in [0.2, 0.25) is 0 Å². The fraction of sp³-hybridized carbons (Fsp3) is 0.120. The minimum Gasteiger partial charge on any atom is -0.508 e. The van der Waals surface area contributed by atoms with Gasteiger partial charge in [-0.3, -0.25) is 14.8 Å². The summed E-state index contributed by atoms with van der Waals surface area (Å²) in [5.41, 5.74) is 9.68. The quantitative estimate of drug-likeness (QED) is 0.398. The highest BCUT2D eigenvalue weighted by Crippen LogP contribution is 2.31. The number of aromatic nitrogens is 3. The molecule has 0 spiro atoms. The lowest BCUT2D eigenvalue weighted by atomic mass is 9.91. The Kier molecular flexibility index (Phi) is 6.36. The average molecular weight is 425 g/mol. The number of benzene rings is 1. The van der Waals surface area contributed by atoms with Crippen LogP contribution in [0.15, 0.2) is 85.3 Å². The van der Waals surface area contributed by atoms with Crippen molar-refractivity contribution in [3.05, 3.63) is 102 Å². The first-order valence-corrected chi connectivity index (χ1v) is 10.2. The molecule has 0 aliphatic rings. The van der Waals surface area contributed by atoms with Gasteiger partial charge in [0, 0.05) is 48.4 Å². The number of nitrogens with two attached hydrogens (primary N) is 1. The average Bonchev–Trinajstić information content (AvgIpc) is 2.82. The number of amides is 1. The van der Waals surface area contributed by atoms with Crippen molar-refractivity contribution < 1.29 is 9.90 Å². The molecule has 3 heterocycles. The summed E-state index contributed by atoms with van der Waals surface area (Å²) in [6.45, 7) is 0.578. The molecule has 1 aromatic carbocycles. The van der Waals surface area contributed by atoms with E-state index in [2.05, 4.69) is 15.3 Å². The molecule has 4 aromatic rings. The Morgan fingerprint density at radius 2 is 1.84 bits per heavy atom. The first kappa shape index (κ1) is 21.0. The van der Waals surface area contributed by atoms with Crippen molar-refractivity contribution in [3.63, 3.8) is 0 Å². The van der Waals surface area contributed by atoms with Crippen molar-refractivity contribution in [3.8, 4) is 17.0 Å². The third kappa shape index (κ3) is 4.89. The fourth-order valence-corrected chi connectivity index (χ4v) is 3.54. The Hall–Kier alpha value is -4.26. The standard InChI is InChI=1S/C25H23N5O2/c26-24(32)23(18-4-3-13-27-16-18)21-10-11-22(17-6-8-20(31)9-7-17)30-25(21)29-15-12-19-5-1-2-14-28-19/h1-11,13-14,16,23,31H,12,15H2,(H2,26,32)(H,29,30). The van der Waals surface area contributed by atoms with Crippen molar-refractivity contribution in [1.29, 1.82) is 0 Å². The third-order valence-corrected chi connectivity index (χ3v) is 5.10. The molecule has 3 aromatic heterocycles. The zero-order valence-electron chi connectivity index (χ0n) is 17.3. The van der Waals surface area contributed by atoms with Gasteiger partial charge >= 0.3 is 0 Å². The van der Waals surface area contributed by atoms with Gasteiger partial charge in [-0.05, 0) is 54.1 Å². The zero-order chi connectivity index (χ0) is 22.3. The molecule has 1 amide bonds. The Morgan fingerprint density at radius 1 is 1.00 bits per heavy atom. The van der Waals surface area contributed by atoms with Crippen LogP contribution in [0.1, 0.15) is 22.7 Å². The smallest absolute Gasteiger partial charge is 0.229 e. The van der Waals surface area contributed by atoms with Crippen LogP contribution >= 0.6 is 0 Å². The molecule has 32 heavy (non-hydrogen) atoms. The number of pyridine rings is 3. The number of carbonyl (C=O) groups excluding carboxylic acids is 1. The van der Waals surface area contributed by atoms with Gasteiger partial charge in [-0.2, -0.15) is 0 Å². The number of rotatable bonds is 8. The highest BCUT2D eigenvalue weighted by molar-refractivity contribution is 5.87. The Labute approximate surface area is 186 Å². The second kappa shape index (κ2) is 9.70. The van der Waals surface area contributed by atoms with Gasteiger partial charge in [-0.15, -0.1) is 0 Å². The Balaban J connectivity index is 1.70. The van der Waals surface area contributed by atoms with Gasteiger partial charge in [0.05, 0.1) is 11.6 Å². The van der Waals surface area contributed by atoms with E-state index in [1.807, 2.05) is 36.4 Å². The second-order valence-corrected chi connectivity index (χ2v) is 7.30. The van der Waals surface area contributed by atoms with Gasteiger partial charge in [-0.25, -0.2) is 4.98 Å². The maximum absolute atomic E-state index is 12.4. The van der Waals surface area contributed by atoms with Crippen molar-refractivity contribution >= 4 is 11.7 Å². The zero-order valence-corrected chi connectivity index (χ0v) is 17.3. The maximum Gasteiger partial charge on any atom is 0.229 e. The summed E-state index contributed by atoms with van der Waals surface area (Å²) in [7, 11) is 0. The Bertz CT molecular complexity index is 1180. The topological polar surface area (TPSA) is 114 Å². The number of nitrogens with zero attached hydrogens (tertiary/aromatic N) is 3. The minimum atomic E-state index is -0.692. The van der Waals surface area contributed by atoms with E-state index in [1.165, 1.54) is 0 Å². The molecule has 0 fully saturated rings. The molecular weight excluding hydrogens is 402 g/mol. The molecule has 0 bridgehead atoms. The van der Waals surface area contributed by atoms with E-state index >= 15 is 0 Å². The van der Waals surface area contributed by atoms with Crippen LogP contribution in [0, 0.1) is 0 Å². The van der Waals surface area contributed by atoms with Crippen LogP contribution in [-0.2, 0) is 11.2 Å². The lowest BCUT2D eigenvalue weighted by Gasteiger charge is -2.19. The van der Waals surface area contributed by atoms with Gasteiger partial charge in [0.15, 0.2) is 0 Å². The third-order valence-electron chi connectivity index (χ3n) is 5.10. The number of aromatic hydroxyl groups is 1. The SMILES string of the molecule is NC(=O)C(c1cccnc1)c1ccc(-c2ccc(O)cc2)nc1NCCc1ccccn1. The summed E-state index contributed by atoms with van der Waals surface area (Å²) in [6.07, 6.45) is 5.75. The number of nitrogens with one attached hydrogen (secondary N) is 1. The van der Waals surface area contributed by atoms with Crippen molar-refractivity contribution in [2.24, 2.45) is 5.73 Å². The number of hydrogen-bond acceptors (Lipinski definition) is 6. The highest BCUT2D eigenvalue weighted by Gasteiger charge is 2.24. The summed E-state index contributed by atoms with van der Waals surface area (Å²) in [5, 5.41) is 13.0. The normalized spacial score (nSPS) is 11.6. The predicted octanol–water partition coefficient (Wildman–Crippen LogP) is 3.52. The van der Waals surface area contributed by atoms with E-state index in [0.29, 0.717) is 35.6 Å². The van der Waals surface area contributed by atoms with Crippen LogP contribution in [0.25, 0.3) is 11.3 Å². The molecule has 0 radical (unpaired) electrons. The van der Waals surface area contributed by atoms with Crippen LogP contribution in [0.5, 0.6) is 5.75 Å². The van der Waals surface area contributed by atoms with Crippen LogP contribution in [0.3, 0.4) is 0 Å². The first-order valence-electron chi connectivity index (χ1n) is 10.2. The van der Waals surface area contributed by atoms with Gasteiger partial charge in [0.2, 0.25) is 5.91 Å². The summed E-state index contributed by atoms with van der Waals surface area (Å²) in [6, 6.07) is 19.9. The summed E-state index contributed by atoms with van der Waals surface area (Å²) in [5.74, 6) is -0.420. The lowest BCUT2D eigenvalue weighted by molar-refractivity contribution is -0.118. The molecule has 0 aliphatic heterocycles. The molecule has 0 aliphatic carbocycles. The Morgan fingerprint density at radius 3 is 2.53 bits per heavy atom. The number of primary amides is 1. The van der Waals surface area contributed by atoms with E-state index in [0.717, 1.165) is 11.3 Å². The lowest BCUT2D eigenvalue weighted by Crippen LogP contribution is -2.24. The molecule has 0 saturated carbocycles. The largest absolute Gasteiger partial charge is 0.508 e. The van der Waals surface area contributed by atoms with Crippen molar-refractivity contribution in [2.45, 2.75) is 12.3 Å². The number of hydrogen-bond donors (Lipinski definition) is 3. The summed E-state index contributed by atoms with van der Waals surface area (Å²) >= 11 is 0. The highest BCUT2D eigenvalue weighted by atomic mass is 16.3. The molecule has 1 unspecified atom stereocenters. The number of carbonyl (C=O) groups is 1. The van der Waals surface area contributed by atoms with Crippen LogP contribution < -0.4 is 11.1 Å². The summed E-state index contributed by atoms with van der Waals surface area (Å²) < 4.78 is 0. The predicted molar refractivity (Wildman–Crippen MR) is 123 cm³/mol. The van der Waals surface area contributed by atoms with E-state index in [-0.39, 0.29) is 5.75 Å². The maximum atomic E-state index is 12.4. The number of anilines is 1. The fourth-order valence-electron chi connectivity index (χ4n) is 3.54. The molecule has 160 valence electrons. The van der Waals surface area contributed by atoms with Gasteiger partial charge in [0.1, 0.15) is 11.6 Å². The van der Waals surface area contributed by atoms with E-state index in [9.17, 15) is 9.90 Å². The number of phenolic OH excluding ortho intramolecular Hbond substituents is 1. The van der Waals surface area contributed by atoms with Crippen LogP contribution in [-0.4, -0.2) is 32.5 Å². The van der Waals surface area contributed by atoms with Gasteiger partial charge in [0.25, 0.3) is 0 Å². The molecule has 7 heteroatoms. The molecule has 4 N–H and O–H groups in total. The minimum absolute atomic E-state index is 0.185. The number of phenols is 1. The van der Waals surface area contributed by atoms with E-state index in [4.69, 9.17) is 10.7 Å². The van der Waals surface area contributed by atoms with Gasteiger partial charge < -0.3 is 16.2 Å². The molecule has 0 saturated heterocycles. The van der Waals surface area contributed by atoms with Crippen molar-refractivity contribution in [1.82, 2.24) is 15.0 Å². The molecule has 4 rings (SSSR count). The monoisotopic (exact) mass is 425 g/mol. The first-order chi connectivity index (χ1) is 15.6. The van der Waals surface area contributed by atoms with E-state index in [1.54, 1.807) is 48.9 Å². The van der Waals surface area contributed by atoms with Crippen molar-refractivity contribution in [2.75, 3.05) is 11.9 Å².